The monoisotopic (exact) mass is 318 g/mol. The van der Waals surface area contributed by atoms with Gasteiger partial charge >= 0.3 is 0 Å². The summed E-state index contributed by atoms with van der Waals surface area (Å²) in [5.74, 6) is -0.000920. The number of carbonyl (C=O) groups excluding carboxylic acids is 1. The Labute approximate surface area is 131 Å². The molecule has 1 saturated heterocycles. The van der Waals surface area contributed by atoms with Crippen molar-refractivity contribution in [2.45, 2.75) is 6.92 Å². The maximum absolute atomic E-state index is 12.4. The van der Waals surface area contributed by atoms with Crippen molar-refractivity contribution in [3.63, 3.8) is 0 Å². The minimum Gasteiger partial charge on any atom is -0.351 e. The van der Waals surface area contributed by atoms with Crippen LogP contribution in [0.15, 0.2) is 39.8 Å². The van der Waals surface area contributed by atoms with Crippen molar-refractivity contribution in [3.8, 4) is 0 Å². The van der Waals surface area contributed by atoms with Crippen LogP contribution in [0.5, 0.6) is 0 Å². The molecule has 1 fully saturated rings. The van der Waals surface area contributed by atoms with Gasteiger partial charge in [-0.2, -0.15) is 4.99 Å². The zero-order valence-corrected chi connectivity index (χ0v) is 13.3. The van der Waals surface area contributed by atoms with E-state index in [2.05, 4.69) is 9.98 Å². The van der Waals surface area contributed by atoms with Gasteiger partial charge in [-0.15, -0.1) is 11.3 Å². The highest BCUT2D eigenvalue weighted by Crippen LogP contribution is 2.34. The molecule has 2 aromatic rings. The molecule has 3 heterocycles. The van der Waals surface area contributed by atoms with Crippen LogP contribution in [-0.4, -0.2) is 32.1 Å². The number of aromatic nitrogens is 2. The molecule has 0 spiro atoms. The van der Waals surface area contributed by atoms with Crippen molar-refractivity contribution in [1.29, 1.82) is 0 Å². The van der Waals surface area contributed by atoms with E-state index >= 15 is 0 Å². The van der Waals surface area contributed by atoms with Gasteiger partial charge < -0.3 is 4.57 Å². The molecule has 0 aliphatic carbocycles. The van der Waals surface area contributed by atoms with Crippen LogP contribution in [0, 0.1) is 0 Å². The van der Waals surface area contributed by atoms with Crippen LogP contribution in [0.1, 0.15) is 12.6 Å². The number of nitrogens with zero attached hydrogens (tertiary/aromatic N) is 4. The number of carbonyl (C=O) groups is 1. The Balaban J connectivity index is 1.94. The van der Waals surface area contributed by atoms with Gasteiger partial charge in [0.05, 0.1) is 4.91 Å². The van der Waals surface area contributed by atoms with E-state index in [1.807, 2.05) is 48.3 Å². The van der Waals surface area contributed by atoms with Crippen molar-refractivity contribution in [2.75, 3.05) is 6.54 Å². The molecule has 0 saturated carbocycles. The molecule has 7 heteroatoms. The fourth-order valence-electron chi connectivity index (χ4n) is 1.98. The predicted octanol–water partition coefficient (Wildman–Crippen LogP) is 3.11. The van der Waals surface area contributed by atoms with Crippen LogP contribution in [0.25, 0.3) is 6.08 Å². The van der Waals surface area contributed by atoms with Crippen LogP contribution in [0.2, 0.25) is 0 Å². The number of thiazole rings is 1. The van der Waals surface area contributed by atoms with Gasteiger partial charge in [-0.1, -0.05) is 0 Å². The lowest BCUT2D eigenvalue weighted by Gasteiger charge is -2.11. The van der Waals surface area contributed by atoms with Crippen molar-refractivity contribution in [2.24, 2.45) is 12.0 Å². The molecule has 0 unspecified atom stereocenters. The second kappa shape index (κ2) is 5.87. The SMILES string of the molecule is CCN1C(=O)/C(=C\c2cccn2C)S/C1=N/c1nccs1. The van der Waals surface area contributed by atoms with E-state index in [1.165, 1.54) is 23.1 Å². The number of amidine groups is 1. The Bertz CT molecular complexity index is 715. The second-order valence-electron chi connectivity index (χ2n) is 4.41. The summed E-state index contributed by atoms with van der Waals surface area (Å²) in [5, 5.41) is 3.24. The maximum Gasteiger partial charge on any atom is 0.266 e. The van der Waals surface area contributed by atoms with Crippen molar-refractivity contribution >= 4 is 45.4 Å². The minimum atomic E-state index is -0.000920. The number of hydrogen-bond donors (Lipinski definition) is 0. The zero-order valence-electron chi connectivity index (χ0n) is 11.7. The number of hydrogen-bond acceptors (Lipinski definition) is 5. The lowest BCUT2D eigenvalue weighted by Crippen LogP contribution is -2.28. The van der Waals surface area contributed by atoms with Crippen molar-refractivity contribution < 1.29 is 4.79 Å². The van der Waals surface area contributed by atoms with Crippen LogP contribution in [0.3, 0.4) is 0 Å². The quantitative estimate of drug-likeness (QED) is 0.817. The number of rotatable bonds is 3. The molecule has 0 aromatic carbocycles. The van der Waals surface area contributed by atoms with Crippen LogP contribution in [-0.2, 0) is 11.8 Å². The molecule has 1 aliphatic heterocycles. The van der Waals surface area contributed by atoms with E-state index in [1.54, 1.807) is 11.1 Å². The summed E-state index contributed by atoms with van der Waals surface area (Å²) in [5.41, 5.74) is 0.998. The highest BCUT2D eigenvalue weighted by Gasteiger charge is 2.32. The molecule has 3 rings (SSSR count). The lowest BCUT2D eigenvalue weighted by molar-refractivity contribution is -0.122. The minimum absolute atomic E-state index is 0.000920. The molecule has 0 radical (unpaired) electrons. The third-order valence-corrected chi connectivity index (χ3v) is 4.75. The van der Waals surface area contributed by atoms with E-state index in [-0.39, 0.29) is 5.91 Å². The van der Waals surface area contributed by atoms with Crippen molar-refractivity contribution in [1.82, 2.24) is 14.5 Å². The third kappa shape index (κ3) is 2.79. The lowest BCUT2D eigenvalue weighted by atomic mass is 10.3. The Morgan fingerprint density at radius 1 is 1.48 bits per heavy atom. The van der Waals surface area contributed by atoms with Crippen molar-refractivity contribution in [3.05, 3.63) is 40.5 Å². The highest BCUT2D eigenvalue weighted by molar-refractivity contribution is 8.18. The average molecular weight is 318 g/mol. The second-order valence-corrected chi connectivity index (χ2v) is 6.30. The van der Waals surface area contributed by atoms with Gasteiger partial charge in [-0.05, 0) is 36.9 Å². The van der Waals surface area contributed by atoms with Gasteiger partial charge in [0.2, 0.25) is 5.13 Å². The summed E-state index contributed by atoms with van der Waals surface area (Å²) >= 11 is 2.86. The topological polar surface area (TPSA) is 50.5 Å². The molecule has 0 bridgehead atoms. The number of aryl methyl sites for hydroxylation is 1. The van der Waals surface area contributed by atoms with Gasteiger partial charge in [0.15, 0.2) is 5.17 Å². The molecule has 1 aliphatic rings. The van der Waals surface area contributed by atoms with E-state index in [9.17, 15) is 4.79 Å². The van der Waals surface area contributed by atoms with Gasteiger partial charge in [0.1, 0.15) is 0 Å². The van der Waals surface area contributed by atoms with Crippen LogP contribution >= 0.6 is 23.1 Å². The summed E-state index contributed by atoms with van der Waals surface area (Å²) in [6.45, 7) is 2.54. The van der Waals surface area contributed by atoms with Crippen LogP contribution < -0.4 is 0 Å². The van der Waals surface area contributed by atoms with E-state index in [0.717, 1.165) is 5.69 Å². The predicted molar refractivity (Wildman–Crippen MR) is 87.6 cm³/mol. The Morgan fingerprint density at radius 2 is 2.33 bits per heavy atom. The Morgan fingerprint density at radius 3 is 2.95 bits per heavy atom. The average Bonchev–Trinajstić information content (AvgIpc) is 3.16. The smallest absolute Gasteiger partial charge is 0.266 e. The Hall–Kier alpha value is -1.86. The first kappa shape index (κ1) is 14.1. The van der Waals surface area contributed by atoms with E-state index < -0.39 is 0 Å². The molecule has 21 heavy (non-hydrogen) atoms. The zero-order chi connectivity index (χ0) is 14.8. The largest absolute Gasteiger partial charge is 0.351 e. The van der Waals surface area contributed by atoms with Gasteiger partial charge in [0, 0.05) is 37.1 Å². The number of thioether (sulfide) groups is 1. The first-order valence-corrected chi connectivity index (χ1v) is 8.19. The summed E-state index contributed by atoms with van der Waals surface area (Å²) in [6.07, 6.45) is 5.57. The molecular weight excluding hydrogens is 304 g/mol. The summed E-state index contributed by atoms with van der Waals surface area (Å²) < 4.78 is 1.98. The fourth-order valence-corrected chi connectivity index (χ4v) is 3.57. The number of likely N-dealkylation sites (N-methyl/N-ethyl adjacent to an activating group) is 1. The highest BCUT2D eigenvalue weighted by atomic mass is 32.2. The van der Waals surface area contributed by atoms with E-state index in [4.69, 9.17) is 0 Å². The Kier molecular flexibility index (Phi) is 3.94. The molecule has 0 atom stereocenters. The molecular formula is C14H14N4OS2. The first-order valence-electron chi connectivity index (χ1n) is 6.50. The molecule has 1 amide bonds. The fraction of sp³-hybridized carbons (Fsp3) is 0.214. The molecule has 5 nitrogen and oxygen atoms in total. The van der Waals surface area contributed by atoms with E-state index in [0.29, 0.717) is 21.7 Å². The van der Waals surface area contributed by atoms with Gasteiger partial charge in [-0.3, -0.25) is 9.69 Å². The summed E-state index contributed by atoms with van der Waals surface area (Å²) in [4.78, 5) is 23.4. The number of amides is 1. The van der Waals surface area contributed by atoms with Gasteiger partial charge in [-0.25, -0.2) is 4.98 Å². The molecule has 108 valence electrons. The normalized spacial score (nSPS) is 19.1. The summed E-state index contributed by atoms with van der Waals surface area (Å²) in [6, 6.07) is 3.94. The third-order valence-electron chi connectivity index (χ3n) is 3.08. The summed E-state index contributed by atoms with van der Waals surface area (Å²) in [7, 11) is 1.96. The van der Waals surface area contributed by atoms with Crippen LogP contribution in [0.4, 0.5) is 5.13 Å². The molecule has 0 N–H and O–H groups in total. The first-order chi connectivity index (χ1) is 10.2. The standard InChI is InChI=1S/C14H14N4OS2/c1-3-18-12(19)11(9-10-5-4-7-17(10)2)21-14(18)16-13-15-6-8-20-13/h4-9H,3H2,1-2H3/b11-9+,16-14+. The maximum atomic E-state index is 12.4. The van der Waals surface area contributed by atoms with Gasteiger partial charge in [0.25, 0.3) is 5.91 Å². The molecule has 2 aromatic heterocycles. The number of aliphatic imine (C=N–C) groups is 1.